The van der Waals surface area contributed by atoms with Gasteiger partial charge in [-0.05, 0) is 31.3 Å². The zero-order valence-corrected chi connectivity index (χ0v) is 8.40. The van der Waals surface area contributed by atoms with E-state index in [0.717, 1.165) is 0 Å². The number of hydrogen-bond acceptors (Lipinski definition) is 0. The van der Waals surface area contributed by atoms with Crippen molar-refractivity contribution in [3.05, 3.63) is 23.3 Å². The highest BCUT2D eigenvalue weighted by molar-refractivity contribution is 5.33. The molecule has 0 atom stereocenters. The highest BCUT2D eigenvalue weighted by Crippen LogP contribution is 2.26. The lowest BCUT2D eigenvalue weighted by Gasteiger charge is -2.04. The molecule has 0 aromatic rings. The van der Waals surface area contributed by atoms with Gasteiger partial charge in [0.05, 0.1) is 0 Å². The second-order valence-corrected chi connectivity index (χ2v) is 3.59. The predicted octanol–water partition coefficient (Wildman–Crippen LogP) is 4.23. The minimum Gasteiger partial charge on any atom is -0.0802 e. The van der Waals surface area contributed by atoms with Crippen LogP contribution in [0.25, 0.3) is 0 Å². The molecule has 0 fully saturated rings. The Hall–Kier alpha value is -0.520. The first-order chi connectivity index (χ1) is 5.88. The van der Waals surface area contributed by atoms with E-state index in [2.05, 4.69) is 26.0 Å². The summed E-state index contributed by atoms with van der Waals surface area (Å²) in [5.74, 6) is 0. The number of unbranched alkanes of at least 4 members (excludes halogenated alkanes) is 1. The molecule has 0 N–H and O–H groups in total. The van der Waals surface area contributed by atoms with Gasteiger partial charge in [0.1, 0.15) is 0 Å². The van der Waals surface area contributed by atoms with E-state index in [-0.39, 0.29) is 0 Å². The van der Waals surface area contributed by atoms with E-state index < -0.39 is 0 Å². The summed E-state index contributed by atoms with van der Waals surface area (Å²) in [5, 5.41) is 0. The molecule has 0 bridgehead atoms. The van der Waals surface area contributed by atoms with Gasteiger partial charge in [-0.3, -0.25) is 0 Å². The quantitative estimate of drug-likeness (QED) is 0.570. The molecule has 0 heteroatoms. The fourth-order valence-electron chi connectivity index (χ4n) is 1.77. The summed E-state index contributed by atoms with van der Waals surface area (Å²) in [6.07, 6.45) is 12.5. The monoisotopic (exact) mass is 164 g/mol. The maximum atomic E-state index is 2.33. The second kappa shape index (κ2) is 5.18. The first-order valence-electron chi connectivity index (χ1n) is 5.26. The Bertz CT molecular complexity index is 184. The van der Waals surface area contributed by atoms with Crippen molar-refractivity contribution in [2.75, 3.05) is 0 Å². The van der Waals surface area contributed by atoms with Crippen LogP contribution in [0.4, 0.5) is 0 Å². The van der Waals surface area contributed by atoms with Crippen LogP contribution in [0.15, 0.2) is 23.3 Å². The first-order valence-corrected chi connectivity index (χ1v) is 5.26. The molecule has 0 aromatic heterocycles. The van der Waals surface area contributed by atoms with Crippen LogP contribution < -0.4 is 0 Å². The maximum absolute atomic E-state index is 2.33. The van der Waals surface area contributed by atoms with E-state index >= 15 is 0 Å². The molecule has 0 aromatic carbocycles. The Morgan fingerprint density at radius 1 is 1.17 bits per heavy atom. The fourth-order valence-corrected chi connectivity index (χ4v) is 1.77. The lowest BCUT2D eigenvalue weighted by molar-refractivity contribution is 0.766. The molecule has 0 unspecified atom stereocenters. The molecule has 1 aliphatic carbocycles. The standard InChI is InChI=1S/C12H20/c1-3-5-8-12-10-6-9-11(12)7-4-2/h6,9H,3-5,7-8,10H2,1-2H3. The average Bonchev–Trinajstić information content (AvgIpc) is 2.50. The lowest BCUT2D eigenvalue weighted by atomic mass is 10.0. The van der Waals surface area contributed by atoms with Gasteiger partial charge in [0, 0.05) is 0 Å². The van der Waals surface area contributed by atoms with Crippen LogP contribution in [-0.4, -0.2) is 0 Å². The molecule has 0 aliphatic heterocycles. The molecule has 12 heavy (non-hydrogen) atoms. The van der Waals surface area contributed by atoms with Crippen LogP contribution in [0.1, 0.15) is 52.4 Å². The van der Waals surface area contributed by atoms with Crippen molar-refractivity contribution in [1.29, 1.82) is 0 Å². The van der Waals surface area contributed by atoms with Crippen LogP contribution in [0.3, 0.4) is 0 Å². The van der Waals surface area contributed by atoms with Gasteiger partial charge in [0.25, 0.3) is 0 Å². The summed E-state index contributed by atoms with van der Waals surface area (Å²) >= 11 is 0. The van der Waals surface area contributed by atoms with Crippen molar-refractivity contribution in [2.45, 2.75) is 52.4 Å². The highest BCUT2D eigenvalue weighted by atomic mass is 14.1. The Morgan fingerprint density at radius 3 is 2.67 bits per heavy atom. The molecular weight excluding hydrogens is 144 g/mol. The van der Waals surface area contributed by atoms with E-state index in [1.165, 1.54) is 38.5 Å². The number of hydrogen-bond donors (Lipinski definition) is 0. The number of allylic oxidation sites excluding steroid dienone is 4. The van der Waals surface area contributed by atoms with Gasteiger partial charge in [-0.1, -0.05) is 44.4 Å². The minimum atomic E-state index is 1.23. The van der Waals surface area contributed by atoms with Crippen molar-refractivity contribution >= 4 is 0 Å². The number of rotatable bonds is 5. The van der Waals surface area contributed by atoms with Gasteiger partial charge in [0.2, 0.25) is 0 Å². The fraction of sp³-hybridized carbons (Fsp3) is 0.667. The zero-order valence-electron chi connectivity index (χ0n) is 8.40. The van der Waals surface area contributed by atoms with E-state index in [0.29, 0.717) is 0 Å². The molecule has 1 rings (SSSR count). The van der Waals surface area contributed by atoms with Crippen molar-refractivity contribution in [3.8, 4) is 0 Å². The first kappa shape index (κ1) is 9.57. The topological polar surface area (TPSA) is 0 Å². The molecule has 0 amide bonds. The van der Waals surface area contributed by atoms with Crippen molar-refractivity contribution < 1.29 is 0 Å². The molecule has 0 heterocycles. The van der Waals surface area contributed by atoms with Gasteiger partial charge in [-0.25, -0.2) is 0 Å². The summed E-state index contributed by atoms with van der Waals surface area (Å²) in [7, 11) is 0. The predicted molar refractivity (Wildman–Crippen MR) is 55.2 cm³/mol. The Labute approximate surface area is 76.4 Å². The summed E-state index contributed by atoms with van der Waals surface area (Å²) in [5.41, 5.74) is 3.34. The summed E-state index contributed by atoms with van der Waals surface area (Å²) < 4.78 is 0. The van der Waals surface area contributed by atoms with E-state index in [4.69, 9.17) is 0 Å². The summed E-state index contributed by atoms with van der Waals surface area (Å²) in [6, 6.07) is 0. The highest BCUT2D eigenvalue weighted by Gasteiger charge is 2.06. The third kappa shape index (κ3) is 2.51. The maximum Gasteiger partial charge on any atom is -0.0130 e. The van der Waals surface area contributed by atoms with Gasteiger partial charge < -0.3 is 0 Å². The third-order valence-electron chi connectivity index (χ3n) is 2.49. The zero-order chi connectivity index (χ0) is 8.81. The normalized spacial score (nSPS) is 16.2. The average molecular weight is 164 g/mol. The Balaban J connectivity index is 2.43. The van der Waals surface area contributed by atoms with Gasteiger partial charge in [-0.15, -0.1) is 0 Å². The molecule has 0 radical (unpaired) electrons. The molecule has 68 valence electrons. The van der Waals surface area contributed by atoms with Crippen LogP contribution in [0.2, 0.25) is 0 Å². The molecule has 1 aliphatic rings. The smallest absolute Gasteiger partial charge is 0.0130 e. The van der Waals surface area contributed by atoms with Crippen LogP contribution in [0, 0.1) is 0 Å². The SMILES string of the molecule is CCCCC1=C(CCC)C=CC1. The molecular formula is C12H20. The lowest BCUT2D eigenvalue weighted by Crippen LogP contribution is -1.85. The van der Waals surface area contributed by atoms with Crippen molar-refractivity contribution in [2.24, 2.45) is 0 Å². The Morgan fingerprint density at radius 2 is 2.00 bits per heavy atom. The summed E-state index contributed by atoms with van der Waals surface area (Å²) in [4.78, 5) is 0. The second-order valence-electron chi connectivity index (χ2n) is 3.59. The van der Waals surface area contributed by atoms with Crippen molar-refractivity contribution in [3.63, 3.8) is 0 Å². The van der Waals surface area contributed by atoms with Crippen LogP contribution >= 0.6 is 0 Å². The summed E-state index contributed by atoms with van der Waals surface area (Å²) in [6.45, 7) is 4.53. The molecule has 0 saturated carbocycles. The van der Waals surface area contributed by atoms with Crippen LogP contribution in [-0.2, 0) is 0 Å². The molecule has 0 saturated heterocycles. The van der Waals surface area contributed by atoms with Crippen molar-refractivity contribution in [1.82, 2.24) is 0 Å². The molecule has 0 nitrogen and oxygen atoms in total. The Kier molecular flexibility index (Phi) is 4.13. The van der Waals surface area contributed by atoms with E-state index in [1.54, 1.807) is 11.1 Å². The largest absolute Gasteiger partial charge is 0.0802 e. The van der Waals surface area contributed by atoms with Gasteiger partial charge in [0.15, 0.2) is 0 Å². The van der Waals surface area contributed by atoms with E-state index in [1.807, 2.05) is 0 Å². The minimum absolute atomic E-state index is 1.23. The van der Waals surface area contributed by atoms with Crippen LogP contribution in [0.5, 0.6) is 0 Å². The molecule has 0 spiro atoms. The van der Waals surface area contributed by atoms with Gasteiger partial charge in [-0.2, -0.15) is 0 Å². The van der Waals surface area contributed by atoms with Gasteiger partial charge >= 0.3 is 0 Å². The third-order valence-corrected chi connectivity index (χ3v) is 2.49. The van der Waals surface area contributed by atoms with E-state index in [9.17, 15) is 0 Å².